The maximum absolute atomic E-state index is 12.4. The van der Waals surface area contributed by atoms with Gasteiger partial charge in [0.1, 0.15) is 11.5 Å². The van der Waals surface area contributed by atoms with Crippen LogP contribution in [0.15, 0.2) is 40.0 Å². The molecule has 144 valence electrons. The smallest absolute Gasteiger partial charge is 0.311 e. The number of Topliss-reactive ketones (excluding diaryl/α,β-unsaturated/α-hetero) is 1. The molecule has 9 heteroatoms. The molecule has 1 fully saturated rings. The third kappa shape index (κ3) is 5.67. The lowest BCUT2D eigenvalue weighted by Crippen LogP contribution is -2.30. The standard InChI is InChI=1S/C18H18F3N3O2S/c1-10-23-14(8-16(26)24-10)15(25)9-22-17(11-2-3-11)12-4-6-13(7-5-12)27-18(19,20)21/h4-8,11,17,22H,2-3,9H2,1H3,(H,23,24,26)/t17-/m1/s1. The first-order chi connectivity index (χ1) is 12.7. The zero-order chi connectivity index (χ0) is 19.6. The number of aromatic nitrogens is 2. The van der Waals surface area contributed by atoms with E-state index >= 15 is 0 Å². The number of nitrogens with one attached hydrogen (secondary N) is 2. The monoisotopic (exact) mass is 397 g/mol. The van der Waals surface area contributed by atoms with Crippen LogP contribution in [0.25, 0.3) is 0 Å². The van der Waals surface area contributed by atoms with Gasteiger partial charge in [-0.05, 0) is 55.1 Å². The number of hydrogen-bond acceptors (Lipinski definition) is 5. The minimum atomic E-state index is -4.32. The lowest BCUT2D eigenvalue weighted by Gasteiger charge is -2.19. The fraction of sp³-hybridized carbons (Fsp3) is 0.389. The highest BCUT2D eigenvalue weighted by molar-refractivity contribution is 8.00. The summed E-state index contributed by atoms with van der Waals surface area (Å²) in [5, 5.41) is 3.17. The summed E-state index contributed by atoms with van der Waals surface area (Å²) in [6, 6.07) is 7.23. The predicted molar refractivity (Wildman–Crippen MR) is 95.7 cm³/mol. The number of ketones is 1. The number of carbonyl (C=O) groups excluding carboxylic acids is 1. The molecule has 0 unspecified atom stereocenters. The molecule has 1 aliphatic carbocycles. The highest BCUT2D eigenvalue weighted by Crippen LogP contribution is 2.42. The largest absolute Gasteiger partial charge is 0.446 e. The Kier molecular flexibility index (Phi) is 5.71. The van der Waals surface area contributed by atoms with Crippen LogP contribution in [0, 0.1) is 12.8 Å². The highest BCUT2D eigenvalue weighted by atomic mass is 32.2. The van der Waals surface area contributed by atoms with Gasteiger partial charge in [-0.2, -0.15) is 13.2 Å². The van der Waals surface area contributed by atoms with Gasteiger partial charge < -0.3 is 10.3 Å². The molecule has 5 nitrogen and oxygen atoms in total. The molecule has 0 amide bonds. The van der Waals surface area contributed by atoms with Crippen molar-refractivity contribution in [2.75, 3.05) is 6.54 Å². The van der Waals surface area contributed by atoms with Crippen LogP contribution in [-0.2, 0) is 0 Å². The minimum absolute atomic E-state index is 0.00386. The van der Waals surface area contributed by atoms with Gasteiger partial charge in [0.15, 0.2) is 5.78 Å². The Bertz CT molecular complexity index is 877. The summed E-state index contributed by atoms with van der Waals surface area (Å²) in [5.41, 5.74) is -3.77. The number of hydrogen-bond donors (Lipinski definition) is 2. The van der Waals surface area contributed by atoms with Crippen LogP contribution in [0.2, 0.25) is 0 Å². The van der Waals surface area contributed by atoms with Crippen molar-refractivity contribution < 1.29 is 18.0 Å². The summed E-state index contributed by atoms with van der Waals surface area (Å²) >= 11 is -0.152. The number of alkyl halides is 3. The van der Waals surface area contributed by atoms with Gasteiger partial charge in [0, 0.05) is 17.0 Å². The summed E-state index contributed by atoms with van der Waals surface area (Å²) in [5.74, 6) is 0.397. The maximum atomic E-state index is 12.4. The van der Waals surface area contributed by atoms with Gasteiger partial charge in [-0.15, -0.1) is 0 Å². The van der Waals surface area contributed by atoms with Gasteiger partial charge >= 0.3 is 5.51 Å². The van der Waals surface area contributed by atoms with E-state index in [1.54, 1.807) is 19.1 Å². The second-order valence-electron chi connectivity index (χ2n) is 6.45. The zero-order valence-corrected chi connectivity index (χ0v) is 15.3. The van der Waals surface area contributed by atoms with Crippen LogP contribution in [0.5, 0.6) is 0 Å². The summed E-state index contributed by atoms with van der Waals surface area (Å²) in [6.45, 7) is 1.59. The molecular formula is C18H18F3N3O2S. The minimum Gasteiger partial charge on any atom is -0.311 e. The topological polar surface area (TPSA) is 74.8 Å². The molecule has 3 rings (SSSR count). The van der Waals surface area contributed by atoms with E-state index < -0.39 is 5.51 Å². The molecule has 27 heavy (non-hydrogen) atoms. The second-order valence-corrected chi connectivity index (χ2v) is 7.59. The Morgan fingerprint density at radius 1 is 1.33 bits per heavy atom. The normalized spacial score (nSPS) is 15.6. The molecule has 0 bridgehead atoms. The Morgan fingerprint density at radius 2 is 2.00 bits per heavy atom. The number of benzene rings is 1. The molecule has 1 aromatic heterocycles. The van der Waals surface area contributed by atoms with Crippen LogP contribution in [-0.4, -0.2) is 27.8 Å². The average Bonchev–Trinajstić information content (AvgIpc) is 3.39. The summed E-state index contributed by atoms with van der Waals surface area (Å²) < 4.78 is 37.3. The maximum Gasteiger partial charge on any atom is 0.446 e. The predicted octanol–water partition coefficient (Wildman–Crippen LogP) is 3.61. The van der Waals surface area contributed by atoms with Crippen LogP contribution in [0.3, 0.4) is 0 Å². The van der Waals surface area contributed by atoms with Gasteiger partial charge in [0.2, 0.25) is 0 Å². The van der Waals surface area contributed by atoms with Crippen molar-refractivity contribution in [1.82, 2.24) is 15.3 Å². The third-order valence-electron chi connectivity index (χ3n) is 4.19. The Morgan fingerprint density at radius 3 is 2.56 bits per heavy atom. The lowest BCUT2D eigenvalue weighted by atomic mass is 10.0. The fourth-order valence-electron chi connectivity index (χ4n) is 2.88. The van der Waals surface area contributed by atoms with E-state index in [4.69, 9.17) is 0 Å². The zero-order valence-electron chi connectivity index (χ0n) is 14.5. The number of aromatic amines is 1. The van der Waals surface area contributed by atoms with E-state index in [1.165, 1.54) is 12.1 Å². The van der Waals surface area contributed by atoms with Gasteiger partial charge in [-0.3, -0.25) is 9.59 Å². The van der Waals surface area contributed by atoms with Crippen molar-refractivity contribution in [3.05, 3.63) is 57.8 Å². The molecule has 1 aliphatic rings. The summed E-state index contributed by atoms with van der Waals surface area (Å²) in [4.78, 5) is 30.5. The van der Waals surface area contributed by atoms with E-state index in [0.717, 1.165) is 24.5 Å². The van der Waals surface area contributed by atoms with Crippen LogP contribution in [0.1, 0.15) is 40.8 Å². The molecule has 0 spiro atoms. The number of rotatable bonds is 7. The lowest BCUT2D eigenvalue weighted by molar-refractivity contribution is -0.0328. The Labute approximate surface area is 157 Å². The van der Waals surface area contributed by atoms with Crippen LogP contribution in [0.4, 0.5) is 13.2 Å². The Hall–Kier alpha value is -2.13. The van der Waals surface area contributed by atoms with Crippen molar-refractivity contribution in [3.63, 3.8) is 0 Å². The second kappa shape index (κ2) is 7.85. The van der Waals surface area contributed by atoms with Gasteiger partial charge in [-0.1, -0.05) is 12.1 Å². The fourth-order valence-corrected chi connectivity index (χ4v) is 3.42. The van der Waals surface area contributed by atoms with Crippen molar-refractivity contribution in [2.45, 2.75) is 36.2 Å². The molecule has 1 saturated carbocycles. The molecule has 0 aliphatic heterocycles. The van der Waals surface area contributed by atoms with E-state index in [-0.39, 0.29) is 46.3 Å². The third-order valence-corrected chi connectivity index (χ3v) is 4.93. The SMILES string of the molecule is Cc1nc(C(=O)CN[C@@H](c2ccc(SC(F)(F)F)cc2)C2CC2)cc(=O)[nH]1. The van der Waals surface area contributed by atoms with Crippen molar-refractivity contribution in [2.24, 2.45) is 5.92 Å². The van der Waals surface area contributed by atoms with Gasteiger partial charge in [0.25, 0.3) is 5.56 Å². The molecule has 1 aromatic carbocycles. The first-order valence-corrected chi connectivity index (χ1v) is 9.23. The molecule has 1 atom stereocenters. The Balaban J connectivity index is 1.67. The summed E-state index contributed by atoms with van der Waals surface area (Å²) in [6.07, 6.45) is 1.99. The molecular weight excluding hydrogens is 379 g/mol. The first-order valence-electron chi connectivity index (χ1n) is 8.41. The number of halogens is 3. The molecule has 1 heterocycles. The van der Waals surface area contributed by atoms with E-state index in [9.17, 15) is 22.8 Å². The molecule has 0 saturated heterocycles. The number of nitrogens with zero attached hydrogens (tertiary/aromatic N) is 1. The van der Waals surface area contributed by atoms with Gasteiger partial charge in [-0.25, -0.2) is 4.98 Å². The first kappa shape index (κ1) is 19.6. The van der Waals surface area contributed by atoms with Crippen molar-refractivity contribution in [1.29, 1.82) is 0 Å². The molecule has 0 radical (unpaired) electrons. The quantitative estimate of drug-likeness (QED) is 0.551. The van der Waals surface area contributed by atoms with Crippen LogP contribution < -0.4 is 10.9 Å². The van der Waals surface area contributed by atoms with E-state index in [0.29, 0.717) is 11.7 Å². The highest BCUT2D eigenvalue weighted by Gasteiger charge is 2.33. The number of thioether (sulfide) groups is 1. The van der Waals surface area contributed by atoms with Gasteiger partial charge in [0.05, 0.1) is 6.54 Å². The molecule has 2 N–H and O–H groups in total. The number of carbonyl (C=O) groups is 1. The number of H-pyrrole nitrogens is 1. The van der Waals surface area contributed by atoms with Crippen LogP contribution >= 0.6 is 11.8 Å². The summed E-state index contributed by atoms with van der Waals surface area (Å²) in [7, 11) is 0. The van der Waals surface area contributed by atoms with Crippen molar-refractivity contribution in [3.8, 4) is 0 Å². The van der Waals surface area contributed by atoms with E-state index in [1.807, 2.05) is 0 Å². The molecule has 2 aromatic rings. The number of aryl methyl sites for hydroxylation is 1. The van der Waals surface area contributed by atoms with Crippen molar-refractivity contribution >= 4 is 17.5 Å². The average molecular weight is 397 g/mol. The van der Waals surface area contributed by atoms with E-state index in [2.05, 4.69) is 15.3 Å².